The number of carboxylic acids is 1. The second-order valence-corrected chi connectivity index (χ2v) is 5.20. The van der Waals surface area contributed by atoms with Crippen LogP contribution in [0.4, 0.5) is 17.1 Å². The average Bonchev–Trinajstić information content (AvgIpc) is 2.55. The van der Waals surface area contributed by atoms with E-state index in [1.54, 1.807) is 0 Å². The van der Waals surface area contributed by atoms with E-state index in [4.69, 9.17) is 5.11 Å². The van der Waals surface area contributed by atoms with Gasteiger partial charge in [-0.1, -0.05) is 19.9 Å². The zero-order valence-electron chi connectivity index (χ0n) is 12.8. The Morgan fingerprint density at radius 1 is 1.13 bits per heavy atom. The number of hydrogen-bond acceptors (Lipinski definition) is 6. The predicted molar refractivity (Wildman–Crippen MR) is 87.7 cm³/mol. The number of phenols is 1. The van der Waals surface area contributed by atoms with Gasteiger partial charge in [0.1, 0.15) is 16.9 Å². The molecule has 2 aromatic rings. The van der Waals surface area contributed by atoms with E-state index in [1.165, 1.54) is 18.2 Å². The highest BCUT2D eigenvalue weighted by Crippen LogP contribution is 2.31. The molecule has 0 saturated heterocycles. The Kier molecular flexibility index (Phi) is 4.68. The Morgan fingerprint density at radius 3 is 2.30 bits per heavy atom. The third-order valence-electron chi connectivity index (χ3n) is 3.77. The van der Waals surface area contributed by atoms with Gasteiger partial charge in [-0.3, -0.25) is 9.59 Å². The molecule has 0 saturated carbocycles. The molecule has 0 amide bonds. The third-order valence-corrected chi connectivity index (χ3v) is 3.77. The van der Waals surface area contributed by atoms with Crippen molar-refractivity contribution in [3.05, 3.63) is 44.2 Å². The van der Waals surface area contributed by atoms with Crippen LogP contribution in [0.1, 0.15) is 37.0 Å². The van der Waals surface area contributed by atoms with Crippen LogP contribution >= 0.6 is 0 Å². The number of rotatable bonds is 7. The first-order valence-electron chi connectivity index (χ1n) is 7.32. The second kappa shape index (κ2) is 6.51. The van der Waals surface area contributed by atoms with Crippen molar-refractivity contribution in [2.24, 2.45) is 0 Å². The number of aromatic hydroxyl groups is 1. The molecule has 0 aliphatic rings. The fraction of sp³-hybridized carbons (Fsp3) is 0.312. The maximum Gasteiger partial charge on any atom is 0.339 e. The molecule has 0 bridgehead atoms. The highest BCUT2D eigenvalue weighted by Gasteiger charge is 2.24. The largest absolute Gasteiger partial charge is 0.505 e. The van der Waals surface area contributed by atoms with Crippen LogP contribution in [0.5, 0.6) is 5.75 Å². The molecule has 122 valence electrons. The maximum atomic E-state index is 11.8. The highest BCUT2D eigenvalue weighted by molar-refractivity contribution is 5.94. The number of aromatic carboxylic acids is 1. The van der Waals surface area contributed by atoms with Gasteiger partial charge in [-0.2, -0.15) is 0 Å². The molecule has 0 radical (unpaired) electrons. The first-order valence-corrected chi connectivity index (χ1v) is 7.32. The Balaban J connectivity index is 2.34. The smallest absolute Gasteiger partial charge is 0.339 e. The molecular weight excluding hydrogens is 300 g/mol. The van der Waals surface area contributed by atoms with Crippen molar-refractivity contribution in [2.45, 2.75) is 32.7 Å². The summed E-state index contributed by atoms with van der Waals surface area (Å²) < 4.78 is 0. The van der Waals surface area contributed by atoms with Gasteiger partial charge >= 0.3 is 5.97 Å². The van der Waals surface area contributed by atoms with Gasteiger partial charge < -0.3 is 20.8 Å². The van der Waals surface area contributed by atoms with E-state index < -0.39 is 22.6 Å². The van der Waals surface area contributed by atoms with Gasteiger partial charge in [-0.05, 0) is 25.0 Å². The van der Waals surface area contributed by atoms with Crippen LogP contribution < -0.4 is 21.5 Å². The van der Waals surface area contributed by atoms with E-state index in [1.807, 2.05) is 13.8 Å². The Labute approximate surface area is 132 Å². The summed E-state index contributed by atoms with van der Waals surface area (Å²) in [6.07, 6.45) is 1.57. The van der Waals surface area contributed by atoms with Crippen LogP contribution in [-0.2, 0) is 0 Å². The molecule has 0 atom stereocenters. The van der Waals surface area contributed by atoms with Crippen LogP contribution in [-0.4, -0.2) is 22.2 Å². The van der Waals surface area contributed by atoms with Crippen molar-refractivity contribution >= 4 is 23.0 Å². The van der Waals surface area contributed by atoms with Gasteiger partial charge in [0, 0.05) is 6.04 Å². The van der Waals surface area contributed by atoms with Crippen LogP contribution in [0.3, 0.4) is 0 Å². The SMILES string of the molecule is CCC(CC)Nc1c(Nc2cccc(C(=O)O)c2O)c(=O)c1=O. The summed E-state index contributed by atoms with van der Waals surface area (Å²) in [5, 5.41) is 24.6. The molecule has 0 aromatic heterocycles. The highest BCUT2D eigenvalue weighted by atomic mass is 16.4. The number of carbonyl (C=O) groups is 1. The first kappa shape index (κ1) is 16.5. The second-order valence-electron chi connectivity index (χ2n) is 5.20. The van der Waals surface area contributed by atoms with Gasteiger partial charge in [0.25, 0.3) is 10.9 Å². The standard InChI is InChI=1S/C16H18N2O5/c1-3-8(4-2)17-11-12(15(21)14(11)20)18-10-7-5-6-9(13(10)19)16(22)23/h5-8,17-19H,3-4H2,1-2H3,(H,22,23). The van der Waals surface area contributed by atoms with Gasteiger partial charge in [0.2, 0.25) is 0 Å². The molecule has 2 aromatic carbocycles. The Bertz CT molecular complexity index is 801. The lowest BCUT2D eigenvalue weighted by Crippen LogP contribution is -2.38. The lowest BCUT2D eigenvalue weighted by Gasteiger charge is -2.20. The van der Waals surface area contributed by atoms with Gasteiger partial charge in [-0.15, -0.1) is 0 Å². The zero-order chi connectivity index (χ0) is 17.1. The minimum absolute atomic E-state index is 0.0414. The van der Waals surface area contributed by atoms with Crippen LogP contribution in [0, 0.1) is 0 Å². The molecule has 0 fully saturated rings. The molecule has 0 aliphatic carbocycles. The summed E-state index contributed by atoms with van der Waals surface area (Å²) in [6, 6.07) is 4.16. The van der Waals surface area contributed by atoms with Gasteiger partial charge in [-0.25, -0.2) is 4.79 Å². The molecule has 0 heterocycles. The fourth-order valence-electron chi connectivity index (χ4n) is 2.30. The van der Waals surface area contributed by atoms with Crippen molar-refractivity contribution < 1.29 is 15.0 Å². The van der Waals surface area contributed by atoms with E-state index >= 15 is 0 Å². The maximum absolute atomic E-state index is 11.8. The molecule has 0 spiro atoms. The van der Waals surface area contributed by atoms with Crippen LogP contribution in [0.2, 0.25) is 0 Å². The van der Waals surface area contributed by atoms with Crippen molar-refractivity contribution in [1.82, 2.24) is 0 Å². The normalized spacial score (nSPS) is 10.9. The van der Waals surface area contributed by atoms with Crippen molar-refractivity contribution in [3.63, 3.8) is 0 Å². The minimum atomic E-state index is -1.29. The van der Waals surface area contributed by atoms with Gasteiger partial charge in [0.15, 0.2) is 5.75 Å². The van der Waals surface area contributed by atoms with E-state index in [2.05, 4.69) is 10.6 Å². The molecule has 2 rings (SSSR count). The third kappa shape index (κ3) is 3.03. The molecular formula is C16H18N2O5. The number of para-hydroxylation sites is 1. The van der Waals surface area contributed by atoms with Crippen LogP contribution in [0.15, 0.2) is 27.8 Å². The minimum Gasteiger partial charge on any atom is -0.505 e. The molecule has 23 heavy (non-hydrogen) atoms. The summed E-state index contributed by atoms with van der Waals surface area (Å²) in [4.78, 5) is 34.5. The number of nitrogens with one attached hydrogen (secondary N) is 2. The monoisotopic (exact) mass is 318 g/mol. The van der Waals surface area contributed by atoms with E-state index in [-0.39, 0.29) is 28.7 Å². The van der Waals surface area contributed by atoms with Crippen LogP contribution in [0.25, 0.3) is 0 Å². The number of benzene rings is 1. The molecule has 0 aliphatic heterocycles. The summed E-state index contributed by atoms with van der Waals surface area (Å²) in [6.45, 7) is 3.92. The first-order chi connectivity index (χ1) is 10.9. The number of hydrogen-bond donors (Lipinski definition) is 4. The summed E-state index contributed by atoms with van der Waals surface area (Å²) in [5.74, 6) is -1.77. The van der Waals surface area contributed by atoms with Crippen molar-refractivity contribution in [3.8, 4) is 5.75 Å². The van der Waals surface area contributed by atoms with E-state index in [0.717, 1.165) is 12.8 Å². The quantitative estimate of drug-likeness (QED) is 0.456. The van der Waals surface area contributed by atoms with E-state index in [9.17, 15) is 19.5 Å². The van der Waals surface area contributed by atoms with E-state index in [0.29, 0.717) is 0 Å². The predicted octanol–water partition coefficient (Wildman–Crippen LogP) is 2.03. The van der Waals surface area contributed by atoms with Gasteiger partial charge in [0.05, 0.1) is 5.69 Å². The zero-order valence-corrected chi connectivity index (χ0v) is 12.8. The molecule has 0 unspecified atom stereocenters. The summed E-state index contributed by atoms with van der Waals surface area (Å²) in [5.41, 5.74) is -1.33. The summed E-state index contributed by atoms with van der Waals surface area (Å²) in [7, 11) is 0. The summed E-state index contributed by atoms with van der Waals surface area (Å²) >= 11 is 0. The van der Waals surface area contributed by atoms with Crippen molar-refractivity contribution in [1.29, 1.82) is 0 Å². The topological polar surface area (TPSA) is 116 Å². The molecule has 7 nitrogen and oxygen atoms in total. The fourth-order valence-corrected chi connectivity index (χ4v) is 2.30. The Hall–Kier alpha value is -2.83. The van der Waals surface area contributed by atoms with Crippen molar-refractivity contribution in [2.75, 3.05) is 10.6 Å². The average molecular weight is 318 g/mol. The Morgan fingerprint density at radius 2 is 1.74 bits per heavy atom. The lowest BCUT2D eigenvalue weighted by molar-refractivity contribution is 0.0694. The molecule has 4 N–H and O–H groups in total. The number of carboxylic acid groups (broad SMARTS) is 1. The molecule has 7 heteroatoms. The lowest BCUT2D eigenvalue weighted by atomic mass is 10.1. The number of anilines is 3.